The molecule has 1 heterocycles. The van der Waals surface area contributed by atoms with Gasteiger partial charge in [-0.25, -0.2) is 9.18 Å². The van der Waals surface area contributed by atoms with Crippen LogP contribution in [0.5, 0.6) is 5.75 Å². The molecule has 140 valence electrons. The second kappa shape index (κ2) is 8.88. The van der Waals surface area contributed by atoms with Crippen molar-refractivity contribution in [1.82, 2.24) is 0 Å². The molecule has 6 nitrogen and oxygen atoms in total. The van der Waals surface area contributed by atoms with Crippen molar-refractivity contribution in [3.05, 3.63) is 51.5 Å². The van der Waals surface area contributed by atoms with Gasteiger partial charge in [-0.3, -0.25) is 4.79 Å². The molecule has 1 atom stereocenters. The zero-order chi connectivity index (χ0) is 19.3. The highest BCUT2D eigenvalue weighted by atomic mass is 32.1. The molecule has 0 saturated heterocycles. The third kappa shape index (κ3) is 5.62. The van der Waals surface area contributed by atoms with Gasteiger partial charge in [0.1, 0.15) is 4.88 Å². The molecule has 0 saturated carbocycles. The minimum absolute atomic E-state index is 0.114. The molecule has 5 N–H and O–H groups in total. The van der Waals surface area contributed by atoms with Gasteiger partial charge in [0.15, 0.2) is 11.6 Å². The van der Waals surface area contributed by atoms with Gasteiger partial charge in [0.05, 0.1) is 6.17 Å². The Bertz CT molecular complexity index is 791. The number of aliphatic carboxylic acids is 1. The minimum Gasteiger partial charge on any atom is -0.481 e. The number of nitrogens with two attached hydrogens (primary N) is 2. The van der Waals surface area contributed by atoms with Crippen molar-refractivity contribution in [3.8, 4) is 5.75 Å². The van der Waals surface area contributed by atoms with Crippen LogP contribution in [-0.2, 0) is 11.2 Å². The van der Waals surface area contributed by atoms with Crippen molar-refractivity contribution in [2.75, 3.05) is 0 Å². The van der Waals surface area contributed by atoms with Crippen LogP contribution in [0.1, 0.15) is 46.0 Å². The van der Waals surface area contributed by atoms with Gasteiger partial charge in [-0.15, -0.1) is 11.3 Å². The number of hydrogen-bond acceptors (Lipinski definition) is 6. The zero-order valence-corrected chi connectivity index (χ0v) is 15.1. The summed E-state index contributed by atoms with van der Waals surface area (Å²) in [5.74, 6) is -2.20. The van der Waals surface area contributed by atoms with Gasteiger partial charge in [-0.2, -0.15) is 0 Å². The topological polar surface area (TPSA) is 116 Å². The minimum atomic E-state index is -0.823. The smallest absolute Gasteiger partial charge is 0.353 e. The van der Waals surface area contributed by atoms with Gasteiger partial charge in [0.2, 0.25) is 0 Å². The second-order valence-electron chi connectivity index (χ2n) is 6.11. The summed E-state index contributed by atoms with van der Waals surface area (Å²) in [4.78, 5) is 24.1. The van der Waals surface area contributed by atoms with Crippen molar-refractivity contribution in [2.45, 2.75) is 32.4 Å². The zero-order valence-electron chi connectivity index (χ0n) is 14.3. The largest absolute Gasteiger partial charge is 0.481 e. The Labute approximate surface area is 154 Å². The summed E-state index contributed by atoms with van der Waals surface area (Å²) in [6.07, 6.45) is 0.539. The van der Waals surface area contributed by atoms with Crippen molar-refractivity contribution < 1.29 is 23.8 Å². The molecule has 0 radical (unpaired) electrons. The van der Waals surface area contributed by atoms with Gasteiger partial charge < -0.3 is 21.3 Å². The average molecular weight is 380 g/mol. The van der Waals surface area contributed by atoms with Crippen LogP contribution in [0.3, 0.4) is 0 Å². The van der Waals surface area contributed by atoms with Crippen LogP contribution in [0.2, 0.25) is 0 Å². The number of rotatable bonds is 8. The highest BCUT2D eigenvalue weighted by Gasteiger charge is 2.16. The lowest BCUT2D eigenvalue weighted by atomic mass is 10.0. The summed E-state index contributed by atoms with van der Waals surface area (Å²) in [5, 5.41) is 8.71. The molecule has 0 aliphatic heterocycles. The van der Waals surface area contributed by atoms with Crippen LogP contribution in [0, 0.1) is 11.7 Å². The molecule has 1 aromatic heterocycles. The Morgan fingerprint density at radius 3 is 2.62 bits per heavy atom. The summed E-state index contributed by atoms with van der Waals surface area (Å²) < 4.78 is 19.1. The van der Waals surface area contributed by atoms with Crippen LogP contribution in [0.4, 0.5) is 4.39 Å². The Kier molecular flexibility index (Phi) is 6.84. The molecule has 0 aliphatic carbocycles. The third-order valence-corrected chi connectivity index (χ3v) is 4.89. The molecule has 2 aromatic rings. The molecule has 1 unspecified atom stereocenters. The first-order valence-electron chi connectivity index (χ1n) is 8.09. The van der Waals surface area contributed by atoms with Crippen molar-refractivity contribution in [1.29, 1.82) is 0 Å². The van der Waals surface area contributed by atoms with E-state index in [1.807, 2.05) is 6.92 Å². The maximum atomic E-state index is 14.0. The summed E-state index contributed by atoms with van der Waals surface area (Å²) in [6.45, 7) is 1.96. The van der Waals surface area contributed by atoms with Crippen LogP contribution >= 0.6 is 11.3 Å². The monoisotopic (exact) mass is 380 g/mol. The predicted octanol–water partition coefficient (Wildman–Crippen LogP) is 3.07. The lowest BCUT2D eigenvalue weighted by Gasteiger charge is -2.09. The maximum absolute atomic E-state index is 14.0. The van der Waals surface area contributed by atoms with Gasteiger partial charge in [-0.05, 0) is 48.6 Å². The molecule has 0 fully saturated rings. The first-order chi connectivity index (χ1) is 12.3. The molecule has 0 spiro atoms. The van der Waals surface area contributed by atoms with E-state index in [1.54, 1.807) is 12.1 Å². The van der Waals surface area contributed by atoms with E-state index in [9.17, 15) is 14.0 Å². The van der Waals surface area contributed by atoms with Crippen molar-refractivity contribution in [3.63, 3.8) is 0 Å². The summed E-state index contributed by atoms with van der Waals surface area (Å²) in [5.41, 5.74) is 11.4. The van der Waals surface area contributed by atoms with Crippen molar-refractivity contribution in [2.24, 2.45) is 17.4 Å². The number of esters is 1. The molecule has 8 heteroatoms. The van der Waals surface area contributed by atoms with Gasteiger partial charge in [0.25, 0.3) is 0 Å². The molecule has 0 aliphatic rings. The first kappa shape index (κ1) is 20.0. The Balaban J connectivity index is 1.98. The van der Waals surface area contributed by atoms with Gasteiger partial charge >= 0.3 is 11.9 Å². The number of halogens is 1. The van der Waals surface area contributed by atoms with E-state index in [-0.39, 0.29) is 18.1 Å². The van der Waals surface area contributed by atoms with Crippen LogP contribution < -0.4 is 16.2 Å². The Morgan fingerprint density at radius 2 is 2.00 bits per heavy atom. The number of carboxylic acid groups (broad SMARTS) is 1. The lowest BCUT2D eigenvalue weighted by Crippen LogP contribution is -2.20. The quantitative estimate of drug-likeness (QED) is 0.368. The van der Waals surface area contributed by atoms with Crippen LogP contribution in [0.15, 0.2) is 30.3 Å². The van der Waals surface area contributed by atoms with E-state index in [2.05, 4.69) is 0 Å². The van der Waals surface area contributed by atoms with Crippen LogP contribution in [-0.4, -0.2) is 17.0 Å². The molecule has 0 amide bonds. The lowest BCUT2D eigenvalue weighted by molar-refractivity contribution is -0.137. The Hall–Kier alpha value is -2.29. The molecular formula is C18H21FN2O4S. The second-order valence-corrected chi connectivity index (χ2v) is 7.28. The number of hydrogen-bond donors (Lipinski definition) is 3. The standard InChI is InChI=1S/C18H21FN2O4S/c1-10(2-7-16(22)23)8-12-4-6-15(26-12)18(24)25-14-5-3-11(17(20)21)9-13(14)19/h3-6,9-10,17H,2,7-8,20-21H2,1H3,(H,22,23). The summed E-state index contributed by atoms with van der Waals surface area (Å²) in [6, 6.07) is 7.37. The molecule has 0 bridgehead atoms. The maximum Gasteiger partial charge on any atom is 0.353 e. The van der Waals surface area contributed by atoms with Gasteiger partial charge in [-0.1, -0.05) is 13.0 Å². The summed E-state index contributed by atoms with van der Waals surface area (Å²) >= 11 is 1.25. The number of thiophene rings is 1. The normalized spacial score (nSPS) is 12.2. The van der Waals surface area contributed by atoms with E-state index in [1.165, 1.54) is 23.5 Å². The number of benzene rings is 1. The predicted molar refractivity (Wildman–Crippen MR) is 96.5 cm³/mol. The van der Waals surface area contributed by atoms with Crippen LogP contribution in [0.25, 0.3) is 0 Å². The van der Waals surface area contributed by atoms with E-state index in [0.717, 1.165) is 10.9 Å². The van der Waals surface area contributed by atoms with E-state index >= 15 is 0 Å². The van der Waals surface area contributed by atoms with E-state index in [0.29, 0.717) is 23.3 Å². The fourth-order valence-electron chi connectivity index (χ4n) is 2.37. The molecule has 26 heavy (non-hydrogen) atoms. The number of carbonyl (C=O) groups excluding carboxylic acids is 1. The third-order valence-electron chi connectivity index (χ3n) is 3.81. The van der Waals surface area contributed by atoms with E-state index in [4.69, 9.17) is 21.3 Å². The SMILES string of the molecule is CC(CCC(=O)O)Cc1ccc(C(=O)Oc2ccc(C(N)N)cc2F)s1. The Morgan fingerprint density at radius 1 is 1.27 bits per heavy atom. The van der Waals surface area contributed by atoms with Crippen molar-refractivity contribution >= 4 is 23.3 Å². The van der Waals surface area contributed by atoms with Gasteiger partial charge in [0, 0.05) is 11.3 Å². The number of carbonyl (C=O) groups is 2. The highest BCUT2D eigenvalue weighted by molar-refractivity contribution is 7.13. The number of ether oxygens (including phenoxy) is 1. The number of carboxylic acids is 1. The fourth-order valence-corrected chi connectivity index (χ4v) is 3.42. The molecule has 1 aromatic carbocycles. The van der Waals surface area contributed by atoms with E-state index < -0.39 is 23.9 Å². The first-order valence-corrected chi connectivity index (χ1v) is 8.91. The summed E-state index contributed by atoms with van der Waals surface area (Å²) in [7, 11) is 0. The molecule has 2 rings (SSSR count). The molecular weight excluding hydrogens is 359 g/mol. The fraction of sp³-hybridized carbons (Fsp3) is 0.333. The average Bonchev–Trinajstić information content (AvgIpc) is 3.03. The highest BCUT2D eigenvalue weighted by Crippen LogP contribution is 2.25.